The van der Waals surface area contributed by atoms with Crippen molar-refractivity contribution in [2.45, 2.75) is 19.5 Å². The molecule has 2 aromatic heterocycles. The molecular formula is C20H20N4O2S. The van der Waals surface area contributed by atoms with Gasteiger partial charge in [0.25, 0.3) is 0 Å². The fourth-order valence-corrected chi connectivity index (χ4v) is 3.08. The molecule has 1 aromatic carbocycles. The van der Waals surface area contributed by atoms with Crippen LogP contribution in [0.3, 0.4) is 0 Å². The fraction of sp³-hybridized carbons (Fsp3) is 0.150. The predicted molar refractivity (Wildman–Crippen MR) is 107 cm³/mol. The van der Waals surface area contributed by atoms with Crippen molar-refractivity contribution in [1.82, 2.24) is 10.3 Å². The highest BCUT2D eigenvalue weighted by Gasteiger charge is 2.13. The average molecular weight is 380 g/mol. The largest absolute Gasteiger partial charge is 0.344 e. The van der Waals surface area contributed by atoms with Gasteiger partial charge in [-0.3, -0.25) is 14.6 Å². The normalized spacial score (nSPS) is 11.6. The smallest absolute Gasteiger partial charge is 0.313 e. The minimum absolute atomic E-state index is 0.0854. The van der Waals surface area contributed by atoms with E-state index in [1.807, 2.05) is 48.0 Å². The lowest BCUT2D eigenvalue weighted by Crippen LogP contribution is -2.35. The number of carbonyl (C=O) groups excluding carboxylic acids is 2. The minimum Gasteiger partial charge on any atom is -0.344 e. The number of nitrogens with one attached hydrogen (secondary N) is 2. The molecule has 0 saturated carbocycles. The third-order valence-electron chi connectivity index (χ3n) is 4.00. The highest BCUT2D eigenvalue weighted by atomic mass is 32.1. The molecule has 1 atom stereocenters. The number of nitrogens with zero attached hydrogens (tertiary/aromatic N) is 1. The van der Waals surface area contributed by atoms with Gasteiger partial charge in [0.05, 0.1) is 5.69 Å². The second-order valence-corrected chi connectivity index (χ2v) is 6.89. The van der Waals surface area contributed by atoms with Crippen molar-refractivity contribution >= 4 is 28.8 Å². The van der Waals surface area contributed by atoms with Crippen LogP contribution in [0.2, 0.25) is 0 Å². The number of rotatable bonds is 5. The summed E-state index contributed by atoms with van der Waals surface area (Å²) in [6, 6.07) is 12.8. The number of anilines is 1. The Hall–Kier alpha value is -3.03. The van der Waals surface area contributed by atoms with Gasteiger partial charge in [-0.2, -0.15) is 11.3 Å². The van der Waals surface area contributed by atoms with Crippen LogP contribution in [0.5, 0.6) is 0 Å². The molecule has 4 N–H and O–H groups in total. The van der Waals surface area contributed by atoms with Gasteiger partial charge in [0.15, 0.2) is 0 Å². The van der Waals surface area contributed by atoms with Crippen LogP contribution in [0.25, 0.3) is 11.3 Å². The second kappa shape index (κ2) is 8.57. The van der Waals surface area contributed by atoms with Crippen molar-refractivity contribution in [1.29, 1.82) is 0 Å². The zero-order chi connectivity index (χ0) is 19.2. The Morgan fingerprint density at radius 2 is 1.89 bits per heavy atom. The summed E-state index contributed by atoms with van der Waals surface area (Å²) < 4.78 is 0. The zero-order valence-electron chi connectivity index (χ0n) is 14.8. The molecule has 0 bridgehead atoms. The first-order valence-corrected chi connectivity index (χ1v) is 9.39. The number of carbonyl (C=O) groups is 2. The van der Waals surface area contributed by atoms with Gasteiger partial charge in [-0.1, -0.05) is 18.2 Å². The first-order chi connectivity index (χ1) is 13.0. The van der Waals surface area contributed by atoms with Crippen LogP contribution in [-0.2, 0) is 16.1 Å². The number of benzene rings is 1. The van der Waals surface area contributed by atoms with Crippen LogP contribution in [0.15, 0.2) is 59.4 Å². The van der Waals surface area contributed by atoms with Gasteiger partial charge in [0.1, 0.15) is 0 Å². The quantitative estimate of drug-likeness (QED) is 0.593. The van der Waals surface area contributed by atoms with E-state index in [2.05, 4.69) is 15.6 Å². The lowest BCUT2D eigenvalue weighted by molar-refractivity contribution is -0.136. The number of pyridine rings is 1. The van der Waals surface area contributed by atoms with E-state index in [0.717, 1.165) is 22.4 Å². The zero-order valence-corrected chi connectivity index (χ0v) is 15.6. The molecule has 0 radical (unpaired) electrons. The van der Waals surface area contributed by atoms with Crippen LogP contribution in [0.1, 0.15) is 24.1 Å². The molecule has 0 fully saturated rings. The fourth-order valence-electron chi connectivity index (χ4n) is 2.43. The molecule has 138 valence electrons. The molecule has 0 aliphatic rings. The van der Waals surface area contributed by atoms with E-state index in [1.54, 1.807) is 29.7 Å². The Morgan fingerprint density at radius 1 is 1.11 bits per heavy atom. The molecule has 0 aliphatic heterocycles. The Kier molecular flexibility index (Phi) is 5.95. The molecule has 0 spiro atoms. The number of hydrogen-bond donors (Lipinski definition) is 3. The maximum absolute atomic E-state index is 12.0. The first kappa shape index (κ1) is 18.8. The molecule has 6 nitrogen and oxygen atoms in total. The third kappa shape index (κ3) is 4.99. The molecule has 3 rings (SSSR count). The summed E-state index contributed by atoms with van der Waals surface area (Å²) in [4.78, 5) is 28.4. The summed E-state index contributed by atoms with van der Waals surface area (Å²) in [7, 11) is 0. The van der Waals surface area contributed by atoms with Crippen molar-refractivity contribution in [2.75, 3.05) is 5.32 Å². The molecular weight excluding hydrogens is 360 g/mol. The van der Waals surface area contributed by atoms with Crippen LogP contribution < -0.4 is 16.4 Å². The van der Waals surface area contributed by atoms with E-state index in [4.69, 9.17) is 5.73 Å². The van der Waals surface area contributed by atoms with Crippen molar-refractivity contribution in [3.63, 3.8) is 0 Å². The number of aromatic nitrogens is 1. The van der Waals surface area contributed by atoms with Gasteiger partial charge >= 0.3 is 11.8 Å². The van der Waals surface area contributed by atoms with E-state index in [-0.39, 0.29) is 12.6 Å². The lowest BCUT2D eigenvalue weighted by Gasteiger charge is -2.09. The highest BCUT2D eigenvalue weighted by Crippen LogP contribution is 2.19. The van der Waals surface area contributed by atoms with Crippen molar-refractivity contribution in [3.8, 4) is 11.3 Å². The summed E-state index contributed by atoms with van der Waals surface area (Å²) >= 11 is 1.61. The van der Waals surface area contributed by atoms with Crippen molar-refractivity contribution in [3.05, 3.63) is 70.5 Å². The molecule has 27 heavy (non-hydrogen) atoms. The Bertz CT molecular complexity index is 904. The van der Waals surface area contributed by atoms with Crippen LogP contribution in [-0.4, -0.2) is 16.8 Å². The maximum atomic E-state index is 12.0. The SMILES string of the molecule is C[C@H](N)c1ccc(NC(=O)C(=O)NCc2ccc(-c3ccsc3)nc2)cc1. The summed E-state index contributed by atoms with van der Waals surface area (Å²) in [5.74, 6) is -1.42. The maximum Gasteiger partial charge on any atom is 0.313 e. The molecule has 0 aliphatic carbocycles. The van der Waals surface area contributed by atoms with E-state index in [1.165, 1.54) is 0 Å². The van der Waals surface area contributed by atoms with Gasteiger partial charge in [0, 0.05) is 35.4 Å². The Morgan fingerprint density at radius 3 is 2.48 bits per heavy atom. The van der Waals surface area contributed by atoms with E-state index in [0.29, 0.717) is 5.69 Å². The number of thiophene rings is 1. The Balaban J connectivity index is 1.51. The van der Waals surface area contributed by atoms with E-state index < -0.39 is 11.8 Å². The van der Waals surface area contributed by atoms with Crippen LogP contribution in [0.4, 0.5) is 5.69 Å². The van der Waals surface area contributed by atoms with Crippen molar-refractivity contribution < 1.29 is 9.59 Å². The summed E-state index contributed by atoms with van der Waals surface area (Å²) in [5, 5.41) is 9.18. The van der Waals surface area contributed by atoms with E-state index >= 15 is 0 Å². The van der Waals surface area contributed by atoms with Gasteiger partial charge < -0.3 is 16.4 Å². The van der Waals surface area contributed by atoms with E-state index in [9.17, 15) is 9.59 Å². The monoisotopic (exact) mass is 380 g/mol. The third-order valence-corrected chi connectivity index (χ3v) is 4.68. The van der Waals surface area contributed by atoms with Gasteiger partial charge in [-0.05, 0) is 47.7 Å². The summed E-state index contributed by atoms with van der Waals surface area (Å²) in [6.07, 6.45) is 1.69. The Labute approximate surface area is 161 Å². The molecule has 2 heterocycles. The predicted octanol–water partition coefficient (Wildman–Crippen LogP) is 3.08. The topological polar surface area (TPSA) is 97.1 Å². The second-order valence-electron chi connectivity index (χ2n) is 6.11. The standard InChI is InChI=1S/C20H20N4O2S/c1-13(21)15-3-5-17(6-4-15)24-20(26)19(25)23-11-14-2-7-18(22-10-14)16-8-9-27-12-16/h2-10,12-13H,11,21H2,1H3,(H,23,25)(H,24,26)/t13-/m0/s1. The van der Waals surface area contributed by atoms with Crippen LogP contribution in [0, 0.1) is 0 Å². The number of nitrogens with two attached hydrogens (primary N) is 1. The molecule has 0 saturated heterocycles. The summed E-state index contributed by atoms with van der Waals surface area (Å²) in [5.41, 5.74) is 10.0. The first-order valence-electron chi connectivity index (χ1n) is 8.45. The molecule has 2 amide bonds. The van der Waals surface area contributed by atoms with Crippen molar-refractivity contribution in [2.24, 2.45) is 5.73 Å². The minimum atomic E-state index is -0.716. The molecule has 7 heteroatoms. The van der Waals surface area contributed by atoms with Crippen LogP contribution >= 0.6 is 11.3 Å². The van der Waals surface area contributed by atoms with Gasteiger partial charge in [-0.25, -0.2) is 0 Å². The van der Waals surface area contributed by atoms with Gasteiger partial charge in [-0.15, -0.1) is 0 Å². The molecule has 3 aromatic rings. The molecule has 0 unspecified atom stereocenters. The highest BCUT2D eigenvalue weighted by molar-refractivity contribution is 7.08. The average Bonchev–Trinajstić information content (AvgIpc) is 3.21. The lowest BCUT2D eigenvalue weighted by atomic mass is 10.1. The number of hydrogen-bond acceptors (Lipinski definition) is 5. The number of amides is 2. The summed E-state index contributed by atoms with van der Waals surface area (Å²) in [6.45, 7) is 2.11. The van der Waals surface area contributed by atoms with Gasteiger partial charge in [0.2, 0.25) is 0 Å².